The zero-order valence-corrected chi connectivity index (χ0v) is 16.2. The van der Waals surface area contributed by atoms with Crippen molar-refractivity contribution in [2.45, 2.75) is 51.6 Å². The van der Waals surface area contributed by atoms with Crippen LogP contribution in [0.3, 0.4) is 0 Å². The van der Waals surface area contributed by atoms with Crippen molar-refractivity contribution in [3.05, 3.63) is 70.3 Å². The average Bonchev–Trinajstić information content (AvgIpc) is 2.52. The fourth-order valence-corrected chi connectivity index (χ4v) is 2.90. The Balaban J connectivity index is 2.20. The molecule has 2 rings (SSSR count). The van der Waals surface area contributed by atoms with E-state index < -0.39 is 23.5 Å². The first kappa shape index (κ1) is 22.3. The first-order valence-electron chi connectivity index (χ1n) is 8.72. The molecule has 1 nitrogen and oxygen atoms in total. The van der Waals surface area contributed by atoms with Gasteiger partial charge in [0.25, 0.3) is 0 Å². The highest BCUT2D eigenvalue weighted by Gasteiger charge is 2.36. The quantitative estimate of drug-likeness (QED) is 0.517. The second-order valence-electron chi connectivity index (χ2n) is 8.03. The van der Waals surface area contributed by atoms with E-state index in [4.69, 9.17) is 0 Å². The number of hydrogen-bond acceptors (Lipinski definition) is 1. The number of benzene rings is 2. The van der Waals surface area contributed by atoms with E-state index in [0.29, 0.717) is 6.54 Å². The molecule has 0 bridgehead atoms. The lowest BCUT2D eigenvalue weighted by atomic mass is 9.87. The molecular weight excluding hydrogens is 380 g/mol. The van der Waals surface area contributed by atoms with Crippen molar-refractivity contribution >= 4 is 0 Å². The zero-order chi connectivity index (χ0) is 21.3. The second kappa shape index (κ2) is 7.78. The van der Waals surface area contributed by atoms with Gasteiger partial charge in [0.2, 0.25) is 0 Å². The molecule has 0 aliphatic rings. The monoisotopic (exact) mass is 403 g/mol. The summed E-state index contributed by atoms with van der Waals surface area (Å²) in [5, 5.41) is 0. The average molecular weight is 403 g/mol. The molecule has 0 amide bonds. The lowest BCUT2D eigenvalue weighted by Gasteiger charge is -2.21. The number of rotatable bonds is 4. The first-order chi connectivity index (χ1) is 12.7. The van der Waals surface area contributed by atoms with Gasteiger partial charge in [-0.2, -0.15) is 26.3 Å². The molecule has 154 valence electrons. The van der Waals surface area contributed by atoms with Gasteiger partial charge >= 0.3 is 12.4 Å². The molecule has 0 saturated carbocycles. The molecule has 0 radical (unpaired) electrons. The van der Waals surface area contributed by atoms with Crippen molar-refractivity contribution < 1.29 is 26.3 Å². The van der Waals surface area contributed by atoms with Crippen LogP contribution in [0.2, 0.25) is 0 Å². The van der Waals surface area contributed by atoms with Crippen LogP contribution in [-0.2, 0) is 30.9 Å². The largest absolute Gasteiger partial charge is 0.416 e. The van der Waals surface area contributed by atoms with E-state index in [1.54, 1.807) is 11.9 Å². The molecule has 0 aliphatic carbocycles. The van der Waals surface area contributed by atoms with Crippen LogP contribution in [0.4, 0.5) is 26.3 Å². The van der Waals surface area contributed by atoms with Crippen LogP contribution in [0.5, 0.6) is 0 Å². The summed E-state index contributed by atoms with van der Waals surface area (Å²) >= 11 is 0. The van der Waals surface area contributed by atoms with Crippen LogP contribution in [0.15, 0.2) is 42.5 Å². The molecule has 0 spiro atoms. The zero-order valence-electron chi connectivity index (χ0n) is 16.2. The molecule has 0 unspecified atom stereocenters. The molecule has 0 N–H and O–H groups in total. The number of nitrogens with zero attached hydrogens (tertiary/aromatic N) is 1. The van der Waals surface area contributed by atoms with Crippen LogP contribution >= 0.6 is 0 Å². The maximum absolute atomic E-state index is 13.0. The fourth-order valence-electron chi connectivity index (χ4n) is 2.90. The molecule has 0 heterocycles. The maximum Gasteiger partial charge on any atom is 0.416 e. The van der Waals surface area contributed by atoms with E-state index in [9.17, 15) is 26.3 Å². The summed E-state index contributed by atoms with van der Waals surface area (Å²) in [5.41, 5.74) is -0.544. The Morgan fingerprint density at radius 2 is 1.07 bits per heavy atom. The molecule has 7 heteroatoms. The number of alkyl halides is 6. The van der Waals surface area contributed by atoms with E-state index in [2.05, 4.69) is 20.8 Å². The van der Waals surface area contributed by atoms with Gasteiger partial charge in [0, 0.05) is 13.1 Å². The minimum atomic E-state index is -4.84. The summed E-state index contributed by atoms with van der Waals surface area (Å²) in [6.07, 6.45) is -9.67. The van der Waals surface area contributed by atoms with E-state index in [1.807, 2.05) is 24.3 Å². The highest BCUT2D eigenvalue weighted by molar-refractivity contribution is 5.34. The predicted molar refractivity (Wildman–Crippen MR) is 96.8 cm³/mol. The van der Waals surface area contributed by atoms with Gasteiger partial charge in [-0.3, -0.25) is 4.90 Å². The summed E-state index contributed by atoms with van der Waals surface area (Å²) < 4.78 is 77.8. The van der Waals surface area contributed by atoms with Gasteiger partial charge < -0.3 is 0 Å². The summed E-state index contributed by atoms with van der Waals surface area (Å²) in [7, 11) is 1.66. The van der Waals surface area contributed by atoms with Gasteiger partial charge in [-0.05, 0) is 47.4 Å². The third kappa shape index (κ3) is 5.99. The van der Waals surface area contributed by atoms with E-state index >= 15 is 0 Å². The molecule has 2 aromatic rings. The minimum Gasteiger partial charge on any atom is -0.298 e. The van der Waals surface area contributed by atoms with Crippen molar-refractivity contribution in [2.24, 2.45) is 0 Å². The van der Waals surface area contributed by atoms with Gasteiger partial charge in [-0.25, -0.2) is 0 Å². The lowest BCUT2D eigenvalue weighted by molar-refractivity contribution is -0.143. The highest BCUT2D eigenvalue weighted by Crippen LogP contribution is 2.36. The Labute approximate surface area is 161 Å². The molecule has 0 aliphatic heterocycles. The smallest absolute Gasteiger partial charge is 0.298 e. The number of hydrogen-bond donors (Lipinski definition) is 0. The Bertz CT molecular complexity index is 765. The van der Waals surface area contributed by atoms with Crippen LogP contribution in [0.25, 0.3) is 0 Å². The molecule has 0 aromatic heterocycles. The second-order valence-corrected chi connectivity index (χ2v) is 8.03. The molecular formula is C21H23F6N. The van der Waals surface area contributed by atoms with Crippen molar-refractivity contribution in [3.63, 3.8) is 0 Å². The van der Waals surface area contributed by atoms with Crippen LogP contribution in [0, 0.1) is 0 Å². The Morgan fingerprint density at radius 1 is 0.643 bits per heavy atom. The van der Waals surface area contributed by atoms with E-state index in [1.165, 1.54) is 0 Å². The lowest BCUT2D eigenvalue weighted by Crippen LogP contribution is -2.19. The van der Waals surface area contributed by atoms with Crippen molar-refractivity contribution in [2.75, 3.05) is 7.05 Å². The van der Waals surface area contributed by atoms with Crippen molar-refractivity contribution in [1.29, 1.82) is 0 Å². The third-order valence-corrected chi connectivity index (χ3v) is 4.37. The first-order valence-corrected chi connectivity index (χ1v) is 8.72. The molecule has 0 atom stereocenters. The van der Waals surface area contributed by atoms with Gasteiger partial charge in [-0.1, -0.05) is 45.0 Å². The van der Waals surface area contributed by atoms with E-state index in [-0.39, 0.29) is 23.6 Å². The highest BCUT2D eigenvalue weighted by atomic mass is 19.4. The molecule has 0 fully saturated rings. The summed E-state index contributed by atoms with van der Waals surface area (Å²) in [4.78, 5) is 1.68. The minimum absolute atomic E-state index is 0.00351. The summed E-state index contributed by atoms with van der Waals surface area (Å²) in [5.74, 6) is 0. The predicted octanol–water partition coefficient (Wildman–Crippen LogP) is 6.65. The van der Waals surface area contributed by atoms with E-state index in [0.717, 1.165) is 23.3 Å². The van der Waals surface area contributed by atoms with Crippen LogP contribution < -0.4 is 0 Å². The fraction of sp³-hybridized carbons (Fsp3) is 0.429. The molecule has 0 saturated heterocycles. The Hall–Kier alpha value is -2.02. The van der Waals surface area contributed by atoms with Crippen molar-refractivity contribution in [3.8, 4) is 0 Å². The van der Waals surface area contributed by atoms with Gasteiger partial charge in [-0.15, -0.1) is 0 Å². The van der Waals surface area contributed by atoms with Crippen LogP contribution in [-0.4, -0.2) is 11.9 Å². The van der Waals surface area contributed by atoms with Gasteiger partial charge in [0.05, 0.1) is 11.1 Å². The van der Waals surface area contributed by atoms with Crippen LogP contribution in [0.1, 0.15) is 48.6 Å². The standard InChI is InChI=1S/C21H23F6N/c1-19(2,3)16-7-5-14(6-8-16)12-28(4)13-15-9-17(20(22,23)24)11-18(10-15)21(25,26)27/h5-11H,12-13H2,1-4H3. The Morgan fingerprint density at radius 3 is 1.46 bits per heavy atom. The third-order valence-electron chi connectivity index (χ3n) is 4.37. The molecule has 28 heavy (non-hydrogen) atoms. The van der Waals surface area contributed by atoms with Gasteiger partial charge in [0.1, 0.15) is 0 Å². The normalized spacial score (nSPS) is 13.2. The molecule has 2 aromatic carbocycles. The SMILES string of the molecule is CN(Cc1ccc(C(C)(C)C)cc1)Cc1cc(C(F)(F)F)cc(C(F)(F)F)c1. The van der Waals surface area contributed by atoms with Gasteiger partial charge in [0.15, 0.2) is 0 Å². The summed E-state index contributed by atoms with van der Waals surface area (Å²) in [6, 6.07) is 9.50. The topological polar surface area (TPSA) is 3.24 Å². The summed E-state index contributed by atoms with van der Waals surface area (Å²) in [6.45, 7) is 6.62. The Kier molecular flexibility index (Phi) is 6.19. The van der Waals surface area contributed by atoms with Crippen molar-refractivity contribution in [1.82, 2.24) is 4.90 Å². The number of halogens is 6. The maximum atomic E-state index is 13.0.